The molecule has 2 heterocycles. The summed E-state index contributed by atoms with van der Waals surface area (Å²) in [5.74, 6) is 1.17. The second-order valence-corrected chi connectivity index (χ2v) is 13.1. The van der Waals surface area contributed by atoms with Crippen molar-refractivity contribution in [2.75, 3.05) is 24.6 Å². The fourth-order valence-corrected chi connectivity index (χ4v) is 6.34. The van der Waals surface area contributed by atoms with E-state index in [1.54, 1.807) is 0 Å². The number of hydrogen-bond acceptors (Lipinski definition) is 5. The van der Waals surface area contributed by atoms with Crippen LogP contribution in [0.2, 0.25) is 0 Å². The van der Waals surface area contributed by atoms with E-state index in [9.17, 15) is 0 Å². The molecule has 1 aliphatic rings. The van der Waals surface area contributed by atoms with Crippen molar-refractivity contribution in [1.29, 1.82) is 0 Å². The Morgan fingerprint density at radius 2 is 1.85 bits per heavy atom. The number of hydrogen-bond donors (Lipinski definition) is 2. The normalized spacial score (nSPS) is 16.2. The Bertz CT molecular complexity index is 1550. The highest BCUT2D eigenvalue weighted by Gasteiger charge is 2.32. The fourth-order valence-electron chi connectivity index (χ4n) is 6.34. The molecule has 0 bridgehead atoms. The Labute approximate surface area is 239 Å². The summed E-state index contributed by atoms with van der Waals surface area (Å²) in [4.78, 5) is 7.12. The van der Waals surface area contributed by atoms with Gasteiger partial charge in [-0.25, -0.2) is 0 Å². The van der Waals surface area contributed by atoms with Gasteiger partial charge in [-0.15, -0.1) is 0 Å². The van der Waals surface area contributed by atoms with Crippen molar-refractivity contribution in [2.45, 2.75) is 73.1 Å². The number of nitrogens with two attached hydrogens (primary N) is 1. The summed E-state index contributed by atoms with van der Waals surface area (Å²) in [7, 11) is 1.92. The molecule has 5 rings (SSSR count). The van der Waals surface area contributed by atoms with E-state index in [4.69, 9.17) is 10.5 Å². The molecule has 0 aliphatic carbocycles. The number of ether oxygens (including phenoxy) is 1. The van der Waals surface area contributed by atoms with E-state index in [2.05, 4.69) is 112 Å². The highest BCUT2D eigenvalue weighted by Crippen LogP contribution is 2.44. The van der Waals surface area contributed by atoms with Crippen molar-refractivity contribution in [1.82, 2.24) is 9.88 Å². The van der Waals surface area contributed by atoms with Crippen molar-refractivity contribution in [3.63, 3.8) is 0 Å². The third-order valence-electron chi connectivity index (χ3n) is 8.27. The van der Waals surface area contributed by atoms with E-state index in [1.807, 2.05) is 19.3 Å². The molecule has 5 nitrogen and oxygen atoms in total. The summed E-state index contributed by atoms with van der Waals surface area (Å²) in [6.45, 7) is 18.2. The van der Waals surface area contributed by atoms with E-state index in [-0.39, 0.29) is 16.9 Å². The van der Waals surface area contributed by atoms with E-state index in [1.165, 1.54) is 27.8 Å². The number of nitrogens with one attached hydrogen (secondary N) is 1. The number of nitrogen functional groups attached to an aromatic ring is 1. The third-order valence-corrected chi connectivity index (χ3v) is 8.27. The molecule has 0 saturated carbocycles. The lowest BCUT2D eigenvalue weighted by Crippen LogP contribution is -2.40. The van der Waals surface area contributed by atoms with Gasteiger partial charge in [-0.05, 0) is 85.2 Å². The first-order chi connectivity index (χ1) is 18.9. The zero-order chi connectivity index (χ0) is 28.8. The van der Waals surface area contributed by atoms with Crippen LogP contribution in [0.3, 0.4) is 0 Å². The fraction of sp³-hybridized carbons (Fsp3) is 0.400. The minimum absolute atomic E-state index is 0.0102. The van der Waals surface area contributed by atoms with Crippen LogP contribution in [0.5, 0.6) is 5.75 Å². The van der Waals surface area contributed by atoms with Crippen molar-refractivity contribution in [3.05, 3.63) is 94.2 Å². The van der Waals surface area contributed by atoms with Gasteiger partial charge in [-0.2, -0.15) is 0 Å². The molecule has 4 aromatic rings. The number of nitrogens with zero attached hydrogens (tertiary/aromatic N) is 2. The molecule has 210 valence electrons. The topological polar surface area (TPSA) is 63.4 Å². The van der Waals surface area contributed by atoms with Crippen LogP contribution in [0.25, 0.3) is 10.9 Å². The SMILES string of the molecule is CNc1ccc(C(c2ccc(C)c(CN3Cc4cc5ncccc5cc4OC(C)(C)C3)c2)C(C)(C)C)c(C)c1N. The molecule has 3 N–H and O–H groups in total. The zero-order valence-corrected chi connectivity index (χ0v) is 25.4. The van der Waals surface area contributed by atoms with Crippen molar-refractivity contribution < 1.29 is 4.74 Å². The molecule has 0 radical (unpaired) electrons. The van der Waals surface area contributed by atoms with Crippen molar-refractivity contribution in [2.24, 2.45) is 5.41 Å². The number of aromatic nitrogens is 1. The van der Waals surface area contributed by atoms with Gasteiger partial charge in [-0.3, -0.25) is 9.88 Å². The number of aryl methyl sites for hydroxylation is 1. The summed E-state index contributed by atoms with van der Waals surface area (Å²) in [5, 5.41) is 4.34. The number of pyridine rings is 1. The van der Waals surface area contributed by atoms with Crippen LogP contribution in [0.15, 0.2) is 60.8 Å². The van der Waals surface area contributed by atoms with E-state index in [0.717, 1.165) is 53.2 Å². The second-order valence-electron chi connectivity index (χ2n) is 13.1. The first-order valence-corrected chi connectivity index (χ1v) is 14.3. The highest BCUT2D eigenvalue weighted by molar-refractivity contribution is 5.81. The predicted octanol–water partition coefficient (Wildman–Crippen LogP) is 7.83. The molecule has 0 amide bonds. The standard InChI is InChI=1S/C35H44N4O/c1-22-11-12-25(32(34(3,4)5)28-13-14-29(37-8)33(36)23(28)2)16-26(22)19-39-20-27-17-30-24(10-9-15-38-30)18-31(27)40-35(6,7)21-39/h9-18,32,37H,19-21,36H2,1-8H3. The largest absolute Gasteiger partial charge is 0.486 e. The molecule has 1 atom stereocenters. The number of rotatable bonds is 5. The average molecular weight is 537 g/mol. The molecule has 3 aromatic carbocycles. The molecule has 1 aliphatic heterocycles. The van der Waals surface area contributed by atoms with Gasteiger partial charge in [0.25, 0.3) is 0 Å². The lowest BCUT2D eigenvalue weighted by Gasteiger charge is -2.34. The van der Waals surface area contributed by atoms with Gasteiger partial charge in [0.1, 0.15) is 11.4 Å². The number of benzene rings is 3. The van der Waals surface area contributed by atoms with Crippen LogP contribution >= 0.6 is 0 Å². The van der Waals surface area contributed by atoms with Gasteiger partial charge >= 0.3 is 0 Å². The third kappa shape index (κ3) is 5.53. The minimum atomic E-state index is -0.315. The molecule has 0 saturated heterocycles. The van der Waals surface area contributed by atoms with Crippen LogP contribution in [0, 0.1) is 19.3 Å². The number of anilines is 2. The maximum atomic E-state index is 6.57. The molecule has 1 unspecified atom stereocenters. The van der Waals surface area contributed by atoms with Gasteiger partial charge < -0.3 is 15.8 Å². The predicted molar refractivity (Wildman–Crippen MR) is 168 cm³/mol. The Kier molecular flexibility index (Phi) is 7.30. The van der Waals surface area contributed by atoms with Crippen LogP contribution in [-0.2, 0) is 13.1 Å². The Morgan fingerprint density at radius 3 is 2.58 bits per heavy atom. The molecule has 40 heavy (non-hydrogen) atoms. The summed E-state index contributed by atoms with van der Waals surface area (Å²) >= 11 is 0. The molecular weight excluding hydrogens is 492 g/mol. The van der Waals surface area contributed by atoms with Gasteiger partial charge in [0.15, 0.2) is 0 Å². The first-order valence-electron chi connectivity index (χ1n) is 14.3. The van der Waals surface area contributed by atoms with Gasteiger partial charge in [0, 0.05) is 49.7 Å². The minimum Gasteiger partial charge on any atom is -0.486 e. The Hall–Kier alpha value is -3.57. The maximum Gasteiger partial charge on any atom is 0.125 e. The molecule has 1 aromatic heterocycles. The molecule has 0 fully saturated rings. The molecule has 5 heteroatoms. The van der Waals surface area contributed by atoms with Crippen LogP contribution in [0.4, 0.5) is 11.4 Å². The maximum absolute atomic E-state index is 6.57. The Morgan fingerprint density at radius 1 is 1.07 bits per heavy atom. The van der Waals surface area contributed by atoms with Gasteiger partial charge in [0.05, 0.1) is 16.9 Å². The van der Waals surface area contributed by atoms with E-state index < -0.39 is 0 Å². The van der Waals surface area contributed by atoms with Crippen molar-refractivity contribution in [3.8, 4) is 5.75 Å². The highest BCUT2D eigenvalue weighted by atomic mass is 16.5. The first kappa shape index (κ1) is 28.0. The van der Waals surface area contributed by atoms with Crippen LogP contribution in [0.1, 0.15) is 73.9 Å². The quantitative estimate of drug-likeness (QED) is 0.255. The molecule has 0 spiro atoms. The lowest BCUT2D eigenvalue weighted by molar-refractivity contribution is 0.0682. The average Bonchev–Trinajstić information content (AvgIpc) is 3.00. The van der Waals surface area contributed by atoms with E-state index >= 15 is 0 Å². The van der Waals surface area contributed by atoms with E-state index in [0.29, 0.717) is 0 Å². The molecular formula is C35H44N4O. The van der Waals surface area contributed by atoms with Gasteiger partial charge in [-0.1, -0.05) is 51.1 Å². The second kappa shape index (κ2) is 10.4. The van der Waals surface area contributed by atoms with Crippen molar-refractivity contribution >= 4 is 22.3 Å². The van der Waals surface area contributed by atoms with Crippen LogP contribution < -0.4 is 15.8 Å². The Balaban J connectivity index is 1.52. The van der Waals surface area contributed by atoms with Gasteiger partial charge in [0.2, 0.25) is 0 Å². The smallest absolute Gasteiger partial charge is 0.125 e. The summed E-state index contributed by atoms with van der Waals surface area (Å²) in [6.07, 6.45) is 1.86. The monoisotopic (exact) mass is 536 g/mol. The summed E-state index contributed by atoms with van der Waals surface area (Å²) in [5.41, 5.74) is 16.7. The summed E-state index contributed by atoms with van der Waals surface area (Å²) < 4.78 is 6.57. The van der Waals surface area contributed by atoms with Crippen LogP contribution in [-0.4, -0.2) is 29.1 Å². The number of fused-ring (bicyclic) bond motifs is 2. The summed E-state index contributed by atoms with van der Waals surface area (Å²) in [6, 6.07) is 19.8. The zero-order valence-electron chi connectivity index (χ0n) is 25.4. The lowest BCUT2D eigenvalue weighted by atomic mass is 9.71.